The van der Waals surface area contributed by atoms with Crippen molar-refractivity contribution in [1.29, 1.82) is 0 Å². The Balaban J connectivity index is 1.62. The van der Waals surface area contributed by atoms with Crippen LogP contribution in [0.1, 0.15) is 24.9 Å². The lowest BCUT2D eigenvalue weighted by molar-refractivity contribution is -0.154. The van der Waals surface area contributed by atoms with Crippen LogP contribution in [-0.4, -0.2) is 25.8 Å². The molecule has 1 fully saturated rings. The van der Waals surface area contributed by atoms with Gasteiger partial charge in [0.1, 0.15) is 5.75 Å². The summed E-state index contributed by atoms with van der Waals surface area (Å²) in [5.74, 6) is 0.433. The lowest BCUT2D eigenvalue weighted by Crippen LogP contribution is -2.26. The first-order chi connectivity index (χ1) is 14.7. The van der Waals surface area contributed by atoms with Crippen molar-refractivity contribution in [3.05, 3.63) is 84.4 Å². The van der Waals surface area contributed by atoms with Gasteiger partial charge in [-0.3, -0.25) is 4.84 Å². The number of hydroxylamine groups is 1. The standard InChI is InChI=1S/C25H25NO4/c1-3-29-25(27)24-17-23(26(30-24)21-13-15-22(28-2)16-14-21)20-11-9-19(10-12-20)18-7-5-4-6-8-18/h4-16,23-24H,3,17H2,1-2H3. The van der Waals surface area contributed by atoms with Gasteiger partial charge >= 0.3 is 5.97 Å². The van der Waals surface area contributed by atoms with Gasteiger partial charge in [-0.05, 0) is 47.9 Å². The molecule has 0 N–H and O–H groups in total. The smallest absolute Gasteiger partial charge is 0.338 e. The third kappa shape index (κ3) is 4.16. The molecule has 1 aliphatic heterocycles. The van der Waals surface area contributed by atoms with Crippen molar-refractivity contribution in [1.82, 2.24) is 0 Å². The van der Waals surface area contributed by atoms with Crippen LogP contribution in [0.25, 0.3) is 11.1 Å². The summed E-state index contributed by atoms with van der Waals surface area (Å²) in [4.78, 5) is 18.4. The first kappa shape index (κ1) is 20.0. The van der Waals surface area contributed by atoms with Gasteiger partial charge in [0, 0.05) is 6.42 Å². The van der Waals surface area contributed by atoms with E-state index in [2.05, 4.69) is 36.4 Å². The van der Waals surface area contributed by atoms with Crippen molar-refractivity contribution in [2.75, 3.05) is 18.8 Å². The number of carbonyl (C=O) groups excluding carboxylic acids is 1. The van der Waals surface area contributed by atoms with Crippen LogP contribution in [0.5, 0.6) is 5.75 Å². The second-order valence-corrected chi connectivity index (χ2v) is 7.11. The van der Waals surface area contributed by atoms with Gasteiger partial charge in [0.2, 0.25) is 0 Å². The summed E-state index contributed by atoms with van der Waals surface area (Å²) in [6, 6.07) is 26.2. The molecule has 0 radical (unpaired) electrons. The van der Waals surface area contributed by atoms with Crippen LogP contribution < -0.4 is 9.80 Å². The van der Waals surface area contributed by atoms with Gasteiger partial charge in [-0.25, -0.2) is 9.86 Å². The first-order valence-corrected chi connectivity index (χ1v) is 10.1. The number of anilines is 1. The minimum absolute atomic E-state index is 0.0994. The topological polar surface area (TPSA) is 48.0 Å². The maximum atomic E-state index is 12.3. The van der Waals surface area contributed by atoms with Crippen LogP contribution in [0.3, 0.4) is 0 Å². The maximum absolute atomic E-state index is 12.3. The fourth-order valence-corrected chi connectivity index (χ4v) is 3.70. The summed E-state index contributed by atoms with van der Waals surface area (Å²) >= 11 is 0. The average Bonchev–Trinajstić information content (AvgIpc) is 3.26. The average molecular weight is 403 g/mol. The zero-order valence-electron chi connectivity index (χ0n) is 17.2. The molecule has 0 bridgehead atoms. The maximum Gasteiger partial charge on any atom is 0.338 e. The molecule has 1 heterocycles. The quantitative estimate of drug-likeness (QED) is 0.531. The second-order valence-electron chi connectivity index (χ2n) is 7.11. The van der Waals surface area contributed by atoms with Gasteiger partial charge in [-0.2, -0.15) is 0 Å². The molecule has 0 aromatic heterocycles. The summed E-state index contributed by atoms with van der Waals surface area (Å²) in [6.45, 7) is 2.13. The molecule has 5 nitrogen and oxygen atoms in total. The number of nitrogens with zero attached hydrogens (tertiary/aromatic N) is 1. The summed E-state index contributed by atoms with van der Waals surface area (Å²) < 4.78 is 10.5. The molecule has 1 aliphatic rings. The summed E-state index contributed by atoms with van der Waals surface area (Å²) in [6.07, 6.45) is -0.110. The predicted molar refractivity (Wildman–Crippen MR) is 116 cm³/mol. The number of methoxy groups -OCH3 is 1. The molecule has 2 atom stereocenters. The molecule has 3 aromatic carbocycles. The predicted octanol–water partition coefficient (Wildman–Crippen LogP) is 5.18. The number of carbonyl (C=O) groups is 1. The van der Waals surface area contributed by atoms with Crippen molar-refractivity contribution >= 4 is 11.7 Å². The molecule has 30 heavy (non-hydrogen) atoms. The van der Waals surface area contributed by atoms with Crippen molar-refractivity contribution < 1.29 is 19.1 Å². The SMILES string of the molecule is CCOC(=O)C1CC(c2ccc(-c3ccccc3)cc2)N(c2ccc(OC)cc2)O1. The molecule has 0 spiro atoms. The van der Waals surface area contributed by atoms with E-state index in [0.29, 0.717) is 13.0 Å². The van der Waals surface area contributed by atoms with E-state index in [-0.39, 0.29) is 12.0 Å². The van der Waals surface area contributed by atoms with Crippen LogP contribution >= 0.6 is 0 Å². The van der Waals surface area contributed by atoms with E-state index >= 15 is 0 Å². The lowest BCUT2D eigenvalue weighted by Gasteiger charge is -2.25. The fourth-order valence-electron chi connectivity index (χ4n) is 3.70. The van der Waals surface area contributed by atoms with Crippen molar-refractivity contribution in [3.8, 4) is 16.9 Å². The van der Waals surface area contributed by atoms with Gasteiger partial charge in [0.25, 0.3) is 0 Å². The molecule has 0 aliphatic carbocycles. The third-order valence-electron chi connectivity index (χ3n) is 5.24. The van der Waals surface area contributed by atoms with Crippen molar-refractivity contribution in [2.45, 2.75) is 25.5 Å². The van der Waals surface area contributed by atoms with Crippen molar-refractivity contribution in [3.63, 3.8) is 0 Å². The van der Waals surface area contributed by atoms with Gasteiger partial charge < -0.3 is 9.47 Å². The minimum Gasteiger partial charge on any atom is -0.497 e. The zero-order chi connectivity index (χ0) is 20.9. The first-order valence-electron chi connectivity index (χ1n) is 10.1. The Labute approximate surface area is 176 Å². The summed E-state index contributed by atoms with van der Waals surface area (Å²) in [5.41, 5.74) is 4.26. The molecular formula is C25H25NO4. The Bertz CT molecular complexity index is 970. The molecule has 5 heteroatoms. The van der Waals surface area contributed by atoms with Gasteiger partial charge in [-0.15, -0.1) is 0 Å². The highest BCUT2D eigenvalue weighted by Crippen LogP contribution is 2.39. The lowest BCUT2D eigenvalue weighted by atomic mass is 9.97. The molecule has 4 rings (SSSR count). The fraction of sp³-hybridized carbons (Fsp3) is 0.240. The molecule has 0 saturated carbocycles. The van der Waals surface area contributed by atoms with E-state index in [1.165, 1.54) is 5.56 Å². The van der Waals surface area contributed by atoms with E-state index in [1.54, 1.807) is 19.1 Å². The van der Waals surface area contributed by atoms with E-state index in [9.17, 15) is 4.79 Å². The molecule has 3 aromatic rings. The van der Waals surface area contributed by atoms with E-state index in [4.69, 9.17) is 14.3 Å². The zero-order valence-corrected chi connectivity index (χ0v) is 17.2. The Morgan fingerprint density at radius 1 is 0.967 bits per heavy atom. The molecule has 154 valence electrons. The minimum atomic E-state index is -0.633. The van der Waals surface area contributed by atoms with Crippen molar-refractivity contribution in [2.24, 2.45) is 0 Å². The molecular weight excluding hydrogens is 378 g/mol. The van der Waals surface area contributed by atoms with Crippen LogP contribution in [0.4, 0.5) is 5.69 Å². The van der Waals surface area contributed by atoms with E-state index in [0.717, 1.165) is 22.6 Å². The van der Waals surface area contributed by atoms with E-state index in [1.807, 2.05) is 42.5 Å². The van der Waals surface area contributed by atoms with Gasteiger partial charge in [-0.1, -0.05) is 54.6 Å². The van der Waals surface area contributed by atoms with Gasteiger partial charge in [0.15, 0.2) is 6.10 Å². The number of rotatable bonds is 6. The van der Waals surface area contributed by atoms with Crippen LogP contribution in [0.2, 0.25) is 0 Å². The highest BCUT2D eigenvalue weighted by atomic mass is 16.7. The van der Waals surface area contributed by atoms with Crippen LogP contribution in [0, 0.1) is 0 Å². The number of esters is 1. The Morgan fingerprint density at radius 3 is 2.27 bits per heavy atom. The Hall–Kier alpha value is -3.31. The number of ether oxygens (including phenoxy) is 2. The highest BCUT2D eigenvalue weighted by Gasteiger charge is 2.39. The van der Waals surface area contributed by atoms with Crippen LogP contribution in [-0.2, 0) is 14.4 Å². The third-order valence-corrected chi connectivity index (χ3v) is 5.24. The summed E-state index contributed by atoms with van der Waals surface area (Å²) in [7, 11) is 1.63. The highest BCUT2D eigenvalue weighted by molar-refractivity contribution is 5.76. The van der Waals surface area contributed by atoms with E-state index < -0.39 is 6.10 Å². The second kappa shape index (κ2) is 9.01. The normalized spacial score (nSPS) is 18.3. The molecule has 0 amide bonds. The van der Waals surface area contributed by atoms with Crippen LogP contribution in [0.15, 0.2) is 78.9 Å². The molecule has 2 unspecified atom stereocenters. The number of hydrogen-bond acceptors (Lipinski definition) is 5. The Morgan fingerprint density at radius 2 is 1.63 bits per heavy atom. The summed E-state index contributed by atoms with van der Waals surface area (Å²) in [5, 5.41) is 1.80. The monoisotopic (exact) mass is 403 g/mol. The van der Waals surface area contributed by atoms with Gasteiger partial charge in [0.05, 0.1) is 25.4 Å². The largest absolute Gasteiger partial charge is 0.497 e. The molecule has 1 saturated heterocycles. The number of benzene rings is 3. The Kier molecular flexibility index (Phi) is 6.00. The number of hydrogen-bond donors (Lipinski definition) is 0.